The van der Waals surface area contributed by atoms with E-state index in [0.29, 0.717) is 9.50 Å². The van der Waals surface area contributed by atoms with Gasteiger partial charge in [0.15, 0.2) is 4.80 Å². The van der Waals surface area contributed by atoms with Crippen LogP contribution in [-0.4, -0.2) is 45.9 Å². The van der Waals surface area contributed by atoms with Crippen molar-refractivity contribution in [3.05, 3.63) is 28.8 Å². The summed E-state index contributed by atoms with van der Waals surface area (Å²) in [7, 11) is 0. The summed E-state index contributed by atoms with van der Waals surface area (Å²) in [4.78, 5) is 30.8. The van der Waals surface area contributed by atoms with Crippen LogP contribution in [0.5, 0.6) is 0 Å². The fourth-order valence-corrected chi connectivity index (χ4v) is 4.75. The highest BCUT2D eigenvalue weighted by molar-refractivity contribution is 8.00. The lowest BCUT2D eigenvalue weighted by molar-refractivity contribution is -0.129. The first kappa shape index (κ1) is 19.6. The monoisotopic (exact) mass is 405 g/mol. The van der Waals surface area contributed by atoms with E-state index in [4.69, 9.17) is 6.42 Å². The summed E-state index contributed by atoms with van der Waals surface area (Å²) in [6.45, 7) is 1.86. The molecule has 1 saturated heterocycles. The van der Waals surface area contributed by atoms with E-state index in [-0.39, 0.29) is 35.7 Å². The zero-order valence-electron chi connectivity index (χ0n) is 14.8. The minimum absolute atomic E-state index is 0.0761. The van der Waals surface area contributed by atoms with Gasteiger partial charge in [0.2, 0.25) is 5.91 Å². The standard InChI is InChI=1S/C19H20FN3O2S2/c1-2-8-23-15-7-6-14(20)11-16(15)27-19(23)21-17(24)12-26-13-18(25)22-9-4-3-5-10-22/h1,6-7,11H,3-5,8-10,12-13H2. The minimum Gasteiger partial charge on any atom is -0.342 e. The molecule has 3 rings (SSSR count). The van der Waals surface area contributed by atoms with Gasteiger partial charge in [0, 0.05) is 13.1 Å². The van der Waals surface area contributed by atoms with Crippen molar-refractivity contribution in [2.45, 2.75) is 25.8 Å². The topological polar surface area (TPSA) is 54.7 Å². The van der Waals surface area contributed by atoms with Crippen LogP contribution >= 0.6 is 23.1 Å². The molecule has 0 radical (unpaired) electrons. The highest BCUT2D eigenvalue weighted by atomic mass is 32.2. The van der Waals surface area contributed by atoms with Gasteiger partial charge in [-0.2, -0.15) is 4.99 Å². The molecular weight excluding hydrogens is 385 g/mol. The molecule has 0 saturated carbocycles. The average molecular weight is 406 g/mol. The number of carbonyl (C=O) groups is 2. The molecule has 5 nitrogen and oxygen atoms in total. The zero-order valence-corrected chi connectivity index (χ0v) is 16.5. The lowest BCUT2D eigenvalue weighted by atomic mass is 10.1. The van der Waals surface area contributed by atoms with E-state index in [9.17, 15) is 14.0 Å². The van der Waals surface area contributed by atoms with Gasteiger partial charge in [-0.05, 0) is 37.5 Å². The van der Waals surface area contributed by atoms with Crippen molar-refractivity contribution in [3.63, 3.8) is 0 Å². The molecule has 1 fully saturated rings. The minimum atomic E-state index is -0.346. The van der Waals surface area contributed by atoms with E-state index >= 15 is 0 Å². The fraction of sp³-hybridized carbons (Fsp3) is 0.421. The third-order valence-corrected chi connectivity index (χ3v) is 6.22. The quantitative estimate of drug-likeness (QED) is 0.719. The molecule has 2 aromatic rings. The number of thiazole rings is 1. The molecule has 0 atom stereocenters. The molecule has 1 aromatic carbocycles. The van der Waals surface area contributed by atoms with E-state index in [2.05, 4.69) is 10.9 Å². The summed E-state index contributed by atoms with van der Waals surface area (Å²) in [5.74, 6) is 2.34. The van der Waals surface area contributed by atoms with E-state index in [1.54, 1.807) is 10.6 Å². The Labute approximate surface area is 165 Å². The van der Waals surface area contributed by atoms with Gasteiger partial charge in [0.1, 0.15) is 5.82 Å². The van der Waals surface area contributed by atoms with Crippen LogP contribution in [0.2, 0.25) is 0 Å². The summed E-state index contributed by atoms with van der Waals surface area (Å²) >= 11 is 2.50. The molecular formula is C19H20FN3O2S2. The van der Waals surface area contributed by atoms with E-state index < -0.39 is 0 Å². The van der Waals surface area contributed by atoms with Gasteiger partial charge >= 0.3 is 0 Å². The first-order valence-electron chi connectivity index (χ1n) is 8.74. The molecule has 1 aromatic heterocycles. The van der Waals surface area contributed by atoms with Gasteiger partial charge in [0.25, 0.3) is 5.91 Å². The molecule has 0 spiro atoms. The van der Waals surface area contributed by atoms with Crippen LogP contribution in [0, 0.1) is 18.2 Å². The molecule has 0 bridgehead atoms. The van der Waals surface area contributed by atoms with Gasteiger partial charge < -0.3 is 9.47 Å². The molecule has 8 heteroatoms. The Hall–Kier alpha value is -2.11. The summed E-state index contributed by atoms with van der Waals surface area (Å²) in [5, 5.41) is 0. The zero-order chi connectivity index (χ0) is 19.2. The van der Waals surface area contributed by atoms with E-state index in [1.807, 2.05) is 4.90 Å². The molecule has 0 unspecified atom stereocenters. The third kappa shape index (κ3) is 4.99. The molecule has 0 aliphatic carbocycles. The number of terminal acetylenes is 1. The van der Waals surface area contributed by atoms with Crippen LogP contribution in [-0.2, 0) is 16.1 Å². The molecule has 0 N–H and O–H groups in total. The van der Waals surface area contributed by atoms with Crippen LogP contribution in [0.3, 0.4) is 0 Å². The first-order valence-corrected chi connectivity index (χ1v) is 10.7. The Balaban J connectivity index is 1.67. The van der Waals surface area contributed by atoms with E-state index in [0.717, 1.165) is 31.4 Å². The molecule has 27 heavy (non-hydrogen) atoms. The Morgan fingerprint density at radius 2 is 2.04 bits per heavy atom. The normalized spacial score (nSPS) is 15.1. The van der Waals surface area contributed by atoms with Gasteiger partial charge in [-0.25, -0.2) is 4.39 Å². The highest BCUT2D eigenvalue weighted by Crippen LogP contribution is 2.18. The maximum absolute atomic E-state index is 13.4. The number of carbonyl (C=O) groups excluding carboxylic acids is 2. The lowest BCUT2D eigenvalue weighted by Gasteiger charge is -2.26. The molecule has 1 aliphatic heterocycles. The largest absolute Gasteiger partial charge is 0.342 e. The third-order valence-electron chi connectivity index (χ3n) is 4.27. The first-order chi connectivity index (χ1) is 13.1. The predicted octanol–water partition coefficient (Wildman–Crippen LogP) is 2.65. The Morgan fingerprint density at radius 3 is 2.78 bits per heavy atom. The van der Waals surface area contributed by atoms with Crippen LogP contribution < -0.4 is 4.80 Å². The number of amides is 2. The van der Waals surface area contributed by atoms with Gasteiger partial charge in [-0.3, -0.25) is 9.59 Å². The number of aromatic nitrogens is 1. The second kappa shape index (κ2) is 9.20. The highest BCUT2D eigenvalue weighted by Gasteiger charge is 2.16. The number of halogens is 1. The van der Waals surface area contributed by atoms with Gasteiger partial charge in [-0.15, -0.1) is 18.2 Å². The second-order valence-corrected chi connectivity index (χ2v) is 8.22. The number of thioether (sulfide) groups is 1. The summed E-state index contributed by atoms with van der Waals surface area (Å²) in [5.41, 5.74) is 0.749. The van der Waals surface area contributed by atoms with Crippen molar-refractivity contribution in [1.29, 1.82) is 0 Å². The molecule has 2 heterocycles. The predicted molar refractivity (Wildman–Crippen MR) is 107 cm³/mol. The fourth-order valence-electron chi connectivity index (χ4n) is 2.98. The van der Waals surface area contributed by atoms with Crippen LogP contribution in [0.25, 0.3) is 10.2 Å². The van der Waals surface area contributed by atoms with Crippen molar-refractivity contribution in [1.82, 2.24) is 9.47 Å². The van der Waals surface area contributed by atoms with Crippen LogP contribution in [0.4, 0.5) is 4.39 Å². The van der Waals surface area contributed by atoms with Crippen molar-refractivity contribution >= 4 is 45.1 Å². The molecule has 142 valence electrons. The van der Waals surface area contributed by atoms with Gasteiger partial charge in [-0.1, -0.05) is 17.3 Å². The van der Waals surface area contributed by atoms with Gasteiger partial charge in [0.05, 0.1) is 28.3 Å². The number of piperidine rings is 1. The maximum Gasteiger partial charge on any atom is 0.258 e. The van der Waals surface area contributed by atoms with Crippen LogP contribution in [0.1, 0.15) is 19.3 Å². The van der Waals surface area contributed by atoms with Crippen molar-refractivity contribution in [3.8, 4) is 12.3 Å². The SMILES string of the molecule is C#CCn1c(=NC(=O)CSCC(=O)N2CCCCC2)sc2cc(F)ccc21. The number of benzene rings is 1. The number of likely N-dealkylation sites (tertiary alicyclic amines) is 1. The summed E-state index contributed by atoms with van der Waals surface area (Å²) in [6, 6.07) is 4.40. The lowest BCUT2D eigenvalue weighted by Crippen LogP contribution is -2.36. The van der Waals surface area contributed by atoms with Crippen LogP contribution in [0.15, 0.2) is 23.2 Å². The maximum atomic E-state index is 13.4. The number of fused-ring (bicyclic) bond motifs is 1. The molecule has 2 amide bonds. The number of hydrogen-bond acceptors (Lipinski definition) is 4. The Morgan fingerprint density at radius 1 is 1.26 bits per heavy atom. The average Bonchev–Trinajstić information content (AvgIpc) is 2.98. The smallest absolute Gasteiger partial charge is 0.258 e. The number of hydrogen-bond donors (Lipinski definition) is 0. The van der Waals surface area contributed by atoms with Crippen molar-refractivity contribution in [2.75, 3.05) is 24.6 Å². The number of nitrogens with zero attached hydrogens (tertiary/aromatic N) is 3. The Kier molecular flexibility index (Phi) is 6.69. The van der Waals surface area contributed by atoms with Crippen molar-refractivity contribution in [2.24, 2.45) is 4.99 Å². The summed E-state index contributed by atoms with van der Waals surface area (Å²) < 4.78 is 15.8. The van der Waals surface area contributed by atoms with Crippen molar-refractivity contribution < 1.29 is 14.0 Å². The molecule has 1 aliphatic rings. The second-order valence-electron chi connectivity index (χ2n) is 6.23. The Bertz CT molecular complexity index is 952. The van der Waals surface area contributed by atoms with E-state index in [1.165, 1.54) is 41.7 Å². The number of rotatable bonds is 5. The summed E-state index contributed by atoms with van der Waals surface area (Å²) in [6.07, 6.45) is 8.68.